The zero-order valence-corrected chi connectivity index (χ0v) is 11.6. The fourth-order valence-electron chi connectivity index (χ4n) is 1.45. The molecule has 0 fully saturated rings. The fraction of sp³-hybridized carbons (Fsp3) is 0.385. The highest BCUT2D eigenvalue weighted by molar-refractivity contribution is 9.10. The molecule has 0 unspecified atom stereocenters. The Morgan fingerprint density at radius 1 is 1.31 bits per heavy atom. The molecule has 0 aliphatic rings. The predicted octanol–water partition coefficient (Wildman–Crippen LogP) is 5.26. The Morgan fingerprint density at radius 3 is 2.88 bits per heavy atom. The molecule has 1 nitrogen and oxygen atoms in total. The van der Waals surface area contributed by atoms with Gasteiger partial charge >= 0.3 is 0 Å². The second-order valence-electron chi connectivity index (χ2n) is 3.69. The van der Waals surface area contributed by atoms with Crippen molar-refractivity contribution in [2.24, 2.45) is 0 Å². The zero-order chi connectivity index (χ0) is 11.8. The van der Waals surface area contributed by atoms with E-state index in [-0.39, 0.29) is 0 Å². The smallest absolute Gasteiger partial charge is 0.0638 e. The van der Waals surface area contributed by atoms with Crippen LogP contribution in [0.1, 0.15) is 25.7 Å². The molecule has 0 heterocycles. The van der Waals surface area contributed by atoms with Gasteiger partial charge < -0.3 is 5.32 Å². The first kappa shape index (κ1) is 13.6. The summed E-state index contributed by atoms with van der Waals surface area (Å²) >= 11 is 9.49. The van der Waals surface area contributed by atoms with E-state index < -0.39 is 0 Å². The maximum Gasteiger partial charge on any atom is 0.0638 e. The Hall–Kier alpha value is -0.470. The number of rotatable bonds is 7. The molecule has 0 amide bonds. The van der Waals surface area contributed by atoms with Crippen molar-refractivity contribution < 1.29 is 0 Å². The molecule has 0 aliphatic heterocycles. The lowest BCUT2D eigenvalue weighted by Crippen LogP contribution is -2.01. The molecule has 0 bridgehead atoms. The van der Waals surface area contributed by atoms with Crippen LogP contribution in [0.15, 0.2) is 35.3 Å². The molecule has 0 spiro atoms. The summed E-state index contributed by atoms with van der Waals surface area (Å²) in [4.78, 5) is 0. The number of nitrogens with one attached hydrogen (secondary N) is 1. The number of halogens is 2. The molecule has 1 rings (SSSR count). The summed E-state index contributed by atoms with van der Waals surface area (Å²) in [5, 5.41) is 4.12. The van der Waals surface area contributed by atoms with E-state index in [0.29, 0.717) is 0 Å². The second-order valence-corrected chi connectivity index (χ2v) is 5.01. The largest absolute Gasteiger partial charge is 0.384 e. The SMILES string of the molecule is C=CCCCCCNc1cc(Br)ccc1Cl. The summed E-state index contributed by atoms with van der Waals surface area (Å²) in [6.07, 6.45) is 6.69. The number of hydrogen-bond donors (Lipinski definition) is 1. The summed E-state index contributed by atoms with van der Waals surface area (Å²) in [5.74, 6) is 0. The van der Waals surface area contributed by atoms with Crippen LogP contribution in [0.4, 0.5) is 5.69 Å². The highest BCUT2D eigenvalue weighted by Gasteiger charge is 1.99. The quantitative estimate of drug-likeness (QED) is 0.535. The second kappa shape index (κ2) is 7.75. The number of unbranched alkanes of at least 4 members (excludes halogenated alkanes) is 3. The first-order valence-corrected chi connectivity index (χ1v) is 6.71. The maximum absolute atomic E-state index is 6.06. The van der Waals surface area contributed by atoms with Gasteiger partial charge in [-0.15, -0.1) is 6.58 Å². The van der Waals surface area contributed by atoms with Crippen molar-refractivity contribution in [3.05, 3.63) is 40.3 Å². The molecule has 0 saturated carbocycles. The summed E-state index contributed by atoms with van der Waals surface area (Å²) in [7, 11) is 0. The topological polar surface area (TPSA) is 12.0 Å². The van der Waals surface area contributed by atoms with Gasteiger partial charge in [0.05, 0.1) is 10.7 Å². The lowest BCUT2D eigenvalue weighted by atomic mass is 10.2. The van der Waals surface area contributed by atoms with Crippen LogP contribution in [-0.4, -0.2) is 6.54 Å². The molecule has 0 radical (unpaired) electrons. The van der Waals surface area contributed by atoms with Gasteiger partial charge in [0.1, 0.15) is 0 Å². The van der Waals surface area contributed by atoms with Crippen molar-refractivity contribution in [1.82, 2.24) is 0 Å². The molecule has 0 aliphatic carbocycles. The van der Waals surface area contributed by atoms with E-state index in [1.807, 2.05) is 24.3 Å². The zero-order valence-electron chi connectivity index (χ0n) is 9.31. The van der Waals surface area contributed by atoms with Crippen LogP contribution in [0.2, 0.25) is 5.02 Å². The maximum atomic E-state index is 6.06. The standard InChI is InChI=1S/C13H17BrClN/c1-2-3-4-5-6-9-16-13-10-11(14)7-8-12(13)15/h2,7-8,10,16H,1,3-6,9H2. The van der Waals surface area contributed by atoms with Crippen LogP contribution in [0.5, 0.6) is 0 Å². The molecule has 0 saturated heterocycles. The molecule has 16 heavy (non-hydrogen) atoms. The van der Waals surface area contributed by atoms with Crippen LogP contribution in [0.3, 0.4) is 0 Å². The minimum Gasteiger partial charge on any atom is -0.384 e. The summed E-state index contributed by atoms with van der Waals surface area (Å²) in [6.45, 7) is 4.67. The molecular weight excluding hydrogens is 286 g/mol. The third-order valence-corrected chi connectivity index (χ3v) is 3.15. The van der Waals surface area contributed by atoms with Crippen LogP contribution < -0.4 is 5.32 Å². The average molecular weight is 303 g/mol. The van der Waals surface area contributed by atoms with Crippen LogP contribution in [0.25, 0.3) is 0 Å². The minimum absolute atomic E-state index is 0.772. The average Bonchev–Trinajstić information content (AvgIpc) is 2.28. The molecule has 88 valence electrons. The van der Waals surface area contributed by atoms with Crippen molar-refractivity contribution in [2.75, 3.05) is 11.9 Å². The Balaban J connectivity index is 2.26. The normalized spacial score (nSPS) is 10.1. The van der Waals surface area contributed by atoms with Crippen LogP contribution in [-0.2, 0) is 0 Å². The van der Waals surface area contributed by atoms with Gasteiger partial charge in [0.2, 0.25) is 0 Å². The van der Waals surface area contributed by atoms with Gasteiger partial charge in [0.25, 0.3) is 0 Å². The van der Waals surface area contributed by atoms with Gasteiger partial charge in [-0.05, 0) is 37.5 Å². The highest BCUT2D eigenvalue weighted by Crippen LogP contribution is 2.25. The monoisotopic (exact) mass is 301 g/mol. The molecule has 3 heteroatoms. The van der Waals surface area contributed by atoms with E-state index in [9.17, 15) is 0 Å². The van der Waals surface area contributed by atoms with E-state index in [0.717, 1.165) is 34.6 Å². The lowest BCUT2D eigenvalue weighted by Gasteiger charge is -2.08. The Bertz CT molecular complexity index is 339. The van der Waals surface area contributed by atoms with Gasteiger partial charge in [-0.3, -0.25) is 0 Å². The van der Waals surface area contributed by atoms with E-state index in [1.165, 1.54) is 12.8 Å². The van der Waals surface area contributed by atoms with E-state index in [2.05, 4.69) is 27.8 Å². The third kappa shape index (κ3) is 5.04. The number of anilines is 1. The van der Waals surface area contributed by atoms with E-state index >= 15 is 0 Å². The first-order valence-electron chi connectivity index (χ1n) is 5.54. The summed E-state index contributed by atoms with van der Waals surface area (Å²) in [5.41, 5.74) is 1.000. The Labute approximate surface area is 111 Å². The molecule has 1 aromatic rings. The van der Waals surface area contributed by atoms with Crippen molar-refractivity contribution >= 4 is 33.2 Å². The Kier molecular flexibility index (Phi) is 6.58. The van der Waals surface area contributed by atoms with Gasteiger partial charge in [-0.2, -0.15) is 0 Å². The van der Waals surface area contributed by atoms with Gasteiger partial charge in [0, 0.05) is 11.0 Å². The molecule has 0 atom stereocenters. The summed E-state index contributed by atoms with van der Waals surface area (Å²) < 4.78 is 1.05. The Morgan fingerprint density at radius 2 is 2.12 bits per heavy atom. The molecule has 0 aromatic heterocycles. The molecule has 1 N–H and O–H groups in total. The van der Waals surface area contributed by atoms with E-state index in [1.54, 1.807) is 0 Å². The van der Waals surface area contributed by atoms with Gasteiger partial charge in [-0.1, -0.05) is 40.0 Å². The number of benzene rings is 1. The van der Waals surface area contributed by atoms with Crippen molar-refractivity contribution in [2.45, 2.75) is 25.7 Å². The van der Waals surface area contributed by atoms with Gasteiger partial charge in [0.15, 0.2) is 0 Å². The first-order chi connectivity index (χ1) is 7.74. The number of allylic oxidation sites excluding steroid dienone is 1. The van der Waals surface area contributed by atoms with Gasteiger partial charge in [-0.25, -0.2) is 0 Å². The number of hydrogen-bond acceptors (Lipinski definition) is 1. The van der Waals surface area contributed by atoms with Crippen LogP contribution in [0, 0.1) is 0 Å². The van der Waals surface area contributed by atoms with Crippen molar-refractivity contribution in [3.8, 4) is 0 Å². The van der Waals surface area contributed by atoms with Crippen LogP contribution >= 0.6 is 27.5 Å². The van der Waals surface area contributed by atoms with E-state index in [4.69, 9.17) is 11.6 Å². The summed E-state index contributed by atoms with van der Waals surface area (Å²) in [6, 6.07) is 5.84. The lowest BCUT2D eigenvalue weighted by molar-refractivity contribution is 0.709. The third-order valence-electron chi connectivity index (χ3n) is 2.33. The highest BCUT2D eigenvalue weighted by atomic mass is 79.9. The molecule has 1 aromatic carbocycles. The molecular formula is C13H17BrClN. The minimum atomic E-state index is 0.772. The predicted molar refractivity (Wildman–Crippen MR) is 76.3 cm³/mol. The van der Waals surface area contributed by atoms with Crippen molar-refractivity contribution in [3.63, 3.8) is 0 Å². The van der Waals surface area contributed by atoms with Crippen molar-refractivity contribution in [1.29, 1.82) is 0 Å². The fourth-order valence-corrected chi connectivity index (χ4v) is 1.99.